The van der Waals surface area contributed by atoms with Crippen molar-refractivity contribution in [3.05, 3.63) is 56.6 Å². The molecule has 2 atom stereocenters. The van der Waals surface area contributed by atoms with E-state index in [1.54, 1.807) is 0 Å². The molecule has 1 aromatic heterocycles. The first kappa shape index (κ1) is 14.0. The summed E-state index contributed by atoms with van der Waals surface area (Å²) in [5.74, 6) is 0.327. The summed E-state index contributed by atoms with van der Waals surface area (Å²) in [6, 6.07) is 10.1. The van der Waals surface area contributed by atoms with Gasteiger partial charge in [-0.3, -0.25) is 4.79 Å². The highest BCUT2D eigenvalue weighted by Crippen LogP contribution is 2.18. The lowest BCUT2D eigenvalue weighted by molar-refractivity contribution is 0.433. The second kappa shape index (κ2) is 6.65. The zero-order chi connectivity index (χ0) is 13.7. The average Bonchev–Trinajstić information content (AvgIpc) is 2.84. The Hall–Kier alpha value is -1.43. The number of hydrogen-bond donors (Lipinski definition) is 3. The molecule has 0 aliphatic heterocycles. The number of benzene rings is 1. The first-order chi connectivity index (χ1) is 9.16. The smallest absolute Gasteiger partial charge is 0.304 e. The van der Waals surface area contributed by atoms with Crippen LogP contribution >= 0.6 is 11.3 Å². The summed E-state index contributed by atoms with van der Waals surface area (Å²) >= 11 is 1.19. The van der Waals surface area contributed by atoms with Crippen molar-refractivity contribution in [3.8, 4) is 0 Å². The van der Waals surface area contributed by atoms with E-state index in [1.807, 2.05) is 23.6 Å². The van der Waals surface area contributed by atoms with Crippen molar-refractivity contribution in [3.63, 3.8) is 0 Å². The van der Waals surface area contributed by atoms with Crippen molar-refractivity contribution in [1.82, 2.24) is 10.3 Å². The van der Waals surface area contributed by atoms with Gasteiger partial charge in [0.1, 0.15) is 0 Å². The number of aromatic nitrogens is 1. The van der Waals surface area contributed by atoms with Gasteiger partial charge in [0.25, 0.3) is 0 Å². The molecule has 0 bridgehead atoms. The van der Waals surface area contributed by atoms with Crippen LogP contribution < -0.4 is 15.9 Å². The van der Waals surface area contributed by atoms with Gasteiger partial charge in [0.15, 0.2) is 0 Å². The van der Waals surface area contributed by atoms with Gasteiger partial charge in [0, 0.05) is 23.7 Å². The minimum atomic E-state index is -0.00849. The standard InChI is InChI=1S/C14H19N3OS/c1-10(13(15)11-5-3-2-4-6-11)7-16-8-12-9-19-14(18)17-12/h2-6,9-10,13,16H,7-8,15H2,1H3,(H,17,18). The van der Waals surface area contributed by atoms with Crippen LogP contribution in [0.3, 0.4) is 0 Å². The molecule has 4 N–H and O–H groups in total. The SMILES string of the molecule is CC(CNCc1csc(=O)[nH]1)C(N)c1ccccc1. The van der Waals surface area contributed by atoms with Gasteiger partial charge in [-0.25, -0.2) is 0 Å². The van der Waals surface area contributed by atoms with Gasteiger partial charge in [0.05, 0.1) is 0 Å². The molecule has 19 heavy (non-hydrogen) atoms. The summed E-state index contributed by atoms with van der Waals surface area (Å²) in [7, 11) is 0. The lowest BCUT2D eigenvalue weighted by Crippen LogP contribution is -2.29. The molecule has 0 fully saturated rings. The van der Waals surface area contributed by atoms with Gasteiger partial charge in [0.2, 0.25) is 0 Å². The van der Waals surface area contributed by atoms with Crippen molar-refractivity contribution >= 4 is 11.3 Å². The minimum absolute atomic E-state index is 0.00849. The van der Waals surface area contributed by atoms with E-state index in [0.29, 0.717) is 12.5 Å². The summed E-state index contributed by atoms with van der Waals surface area (Å²) < 4.78 is 0. The molecule has 5 heteroatoms. The second-order valence-corrected chi connectivity index (χ2v) is 5.56. The third-order valence-corrected chi connectivity index (χ3v) is 3.87. The molecule has 1 aromatic carbocycles. The van der Waals surface area contributed by atoms with Crippen LogP contribution in [0.1, 0.15) is 24.2 Å². The molecule has 0 spiro atoms. The fourth-order valence-corrected chi connectivity index (χ4v) is 2.55. The first-order valence-corrected chi connectivity index (χ1v) is 7.22. The largest absolute Gasteiger partial charge is 0.324 e. The average molecular weight is 277 g/mol. The van der Waals surface area contributed by atoms with E-state index >= 15 is 0 Å². The molecule has 2 aromatic rings. The summed E-state index contributed by atoms with van der Waals surface area (Å²) in [4.78, 5) is 13.8. The predicted molar refractivity (Wildman–Crippen MR) is 79.2 cm³/mol. The Morgan fingerprint density at radius 2 is 2.11 bits per heavy atom. The highest BCUT2D eigenvalue weighted by Gasteiger charge is 2.14. The van der Waals surface area contributed by atoms with E-state index in [1.165, 1.54) is 11.3 Å². The lowest BCUT2D eigenvalue weighted by atomic mass is 9.95. The van der Waals surface area contributed by atoms with E-state index in [4.69, 9.17) is 5.73 Å². The molecule has 0 saturated carbocycles. The Morgan fingerprint density at radius 1 is 1.37 bits per heavy atom. The lowest BCUT2D eigenvalue weighted by Gasteiger charge is -2.20. The Kier molecular flexibility index (Phi) is 4.90. The highest BCUT2D eigenvalue weighted by molar-refractivity contribution is 7.07. The molecule has 1 heterocycles. The fourth-order valence-electron chi connectivity index (χ4n) is 1.97. The van der Waals surface area contributed by atoms with Crippen LogP contribution in [0, 0.1) is 5.92 Å². The van der Waals surface area contributed by atoms with Gasteiger partial charge in [-0.1, -0.05) is 48.6 Å². The van der Waals surface area contributed by atoms with Crippen molar-refractivity contribution in [2.24, 2.45) is 11.7 Å². The van der Waals surface area contributed by atoms with Gasteiger partial charge < -0.3 is 16.0 Å². The third-order valence-electron chi connectivity index (χ3n) is 3.15. The molecular formula is C14H19N3OS. The summed E-state index contributed by atoms with van der Waals surface area (Å²) in [6.07, 6.45) is 0. The summed E-state index contributed by atoms with van der Waals surface area (Å²) in [5, 5.41) is 5.17. The number of rotatable bonds is 6. The quantitative estimate of drug-likeness (QED) is 0.755. The van der Waals surface area contributed by atoms with Gasteiger partial charge in [-0.2, -0.15) is 0 Å². The van der Waals surface area contributed by atoms with Crippen LogP contribution in [0.2, 0.25) is 0 Å². The first-order valence-electron chi connectivity index (χ1n) is 6.34. The van der Waals surface area contributed by atoms with Crippen molar-refractivity contribution in [2.45, 2.75) is 19.5 Å². The Morgan fingerprint density at radius 3 is 2.74 bits per heavy atom. The normalized spacial score (nSPS) is 14.2. The van der Waals surface area contributed by atoms with Crippen LogP contribution in [0.25, 0.3) is 0 Å². The monoisotopic (exact) mass is 277 g/mol. The van der Waals surface area contributed by atoms with Gasteiger partial charge in [-0.15, -0.1) is 0 Å². The third kappa shape index (κ3) is 4.02. The maximum absolute atomic E-state index is 11.0. The number of nitrogens with one attached hydrogen (secondary N) is 2. The molecule has 102 valence electrons. The topological polar surface area (TPSA) is 70.9 Å². The van der Waals surface area contributed by atoms with Crippen LogP contribution in [0.15, 0.2) is 40.5 Å². The van der Waals surface area contributed by atoms with Crippen molar-refractivity contribution in [1.29, 1.82) is 0 Å². The minimum Gasteiger partial charge on any atom is -0.324 e. The second-order valence-electron chi connectivity index (χ2n) is 4.72. The Bertz CT molecular complexity index is 549. The number of H-pyrrole nitrogens is 1. The van der Waals surface area contributed by atoms with Crippen molar-refractivity contribution < 1.29 is 0 Å². The molecule has 0 amide bonds. The molecule has 2 rings (SSSR count). The zero-order valence-corrected chi connectivity index (χ0v) is 11.7. The number of hydrogen-bond acceptors (Lipinski definition) is 4. The molecule has 0 aliphatic rings. The zero-order valence-electron chi connectivity index (χ0n) is 10.9. The molecule has 0 aliphatic carbocycles. The summed E-state index contributed by atoms with van der Waals surface area (Å²) in [5.41, 5.74) is 8.31. The van der Waals surface area contributed by atoms with Crippen molar-refractivity contribution in [2.75, 3.05) is 6.54 Å². The van der Waals surface area contributed by atoms with E-state index in [0.717, 1.165) is 17.8 Å². The van der Waals surface area contributed by atoms with E-state index < -0.39 is 0 Å². The Balaban J connectivity index is 1.81. The van der Waals surface area contributed by atoms with E-state index in [-0.39, 0.29) is 10.9 Å². The number of nitrogens with two attached hydrogens (primary N) is 1. The van der Waals surface area contributed by atoms with Crippen LogP contribution in [0.4, 0.5) is 0 Å². The molecular weight excluding hydrogens is 258 g/mol. The molecule has 4 nitrogen and oxygen atoms in total. The number of aromatic amines is 1. The summed E-state index contributed by atoms with van der Waals surface area (Å²) in [6.45, 7) is 3.61. The highest BCUT2D eigenvalue weighted by atomic mass is 32.1. The van der Waals surface area contributed by atoms with Crippen LogP contribution in [-0.4, -0.2) is 11.5 Å². The molecule has 0 saturated heterocycles. The predicted octanol–water partition coefficient (Wildman–Crippen LogP) is 1.86. The maximum Gasteiger partial charge on any atom is 0.304 e. The van der Waals surface area contributed by atoms with E-state index in [9.17, 15) is 4.79 Å². The number of thiazole rings is 1. The van der Waals surface area contributed by atoms with Gasteiger partial charge >= 0.3 is 4.87 Å². The molecule has 0 radical (unpaired) electrons. The van der Waals surface area contributed by atoms with Crippen LogP contribution in [-0.2, 0) is 6.54 Å². The fraction of sp³-hybridized carbons (Fsp3) is 0.357. The van der Waals surface area contributed by atoms with E-state index in [2.05, 4.69) is 29.4 Å². The molecule has 2 unspecified atom stereocenters. The van der Waals surface area contributed by atoms with Crippen LogP contribution in [0.5, 0.6) is 0 Å². The van der Waals surface area contributed by atoms with Gasteiger partial charge in [-0.05, 0) is 18.0 Å². The maximum atomic E-state index is 11.0. The Labute approximate surface area is 116 Å².